The highest BCUT2D eigenvalue weighted by atomic mass is 35.5. The second-order valence-corrected chi connectivity index (χ2v) is 3.72. The number of carbonyl (C=O) groups is 1. The molecule has 0 fully saturated rings. The van der Waals surface area contributed by atoms with E-state index in [2.05, 4.69) is 10.2 Å². The first-order valence-electron chi connectivity index (χ1n) is 4.46. The molecule has 2 aromatic rings. The molecule has 2 N–H and O–H groups in total. The third-order valence-electron chi connectivity index (χ3n) is 2.11. The molecule has 2 heterocycles. The summed E-state index contributed by atoms with van der Waals surface area (Å²) in [5, 5.41) is 26.0. The Morgan fingerprint density at radius 2 is 2.25 bits per heavy atom. The lowest BCUT2D eigenvalue weighted by Gasteiger charge is -2.04. The lowest BCUT2D eigenvalue weighted by Crippen LogP contribution is -2.03. The molecule has 0 radical (unpaired) electrons. The Bertz CT molecular complexity index is 564. The van der Waals surface area contributed by atoms with Gasteiger partial charge >= 0.3 is 5.97 Å². The third kappa shape index (κ3) is 1.62. The molecule has 2 aromatic heterocycles. The fraction of sp³-hybridized carbons (Fsp3) is 0.222. The summed E-state index contributed by atoms with van der Waals surface area (Å²) < 4.78 is 1.37. The zero-order valence-corrected chi connectivity index (χ0v) is 9.01. The van der Waals surface area contributed by atoms with Crippen molar-refractivity contribution in [1.82, 2.24) is 14.6 Å². The topological polar surface area (TPSA) is 87.7 Å². The highest BCUT2D eigenvalue weighted by Gasteiger charge is 2.15. The van der Waals surface area contributed by atoms with Crippen molar-refractivity contribution in [2.24, 2.45) is 0 Å². The van der Waals surface area contributed by atoms with Crippen molar-refractivity contribution >= 4 is 23.2 Å². The predicted molar refractivity (Wildman–Crippen MR) is 55.6 cm³/mol. The van der Waals surface area contributed by atoms with Crippen LogP contribution in [0.15, 0.2) is 12.3 Å². The number of fused-ring (bicyclic) bond motifs is 1. The smallest absolute Gasteiger partial charge is 0.337 e. The molecule has 16 heavy (non-hydrogen) atoms. The van der Waals surface area contributed by atoms with Crippen LogP contribution in [0.2, 0.25) is 5.02 Å². The van der Waals surface area contributed by atoms with Gasteiger partial charge in [0.2, 0.25) is 0 Å². The van der Waals surface area contributed by atoms with E-state index in [0.717, 1.165) is 0 Å². The van der Waals surface area contributed by atoms with Gasteiger partial charge in [0.1, 0.15) is 6.10 Å². The third-order valence-corrected chi connectivity index (χ3v) is 2.38. The second-order valence-electron chi connectivity index (χ2n) is 3.31. The first-order valence-corrected chi connectivity index (χ1v) is 4.84. The van der Waals surface area contributed by atoms with Gasteiger partial charge in [0.25, 0.3) is 0 Å². The summed E-state index contributed by atoms with van der Waals surface area (Å²) in [7, 11) is 0. The predicted octanol–water partition coefficient (Wildman–Crippen LogP) is 1.13. The minimum atomic E-state index is -1.10. The maximum atomic E-state index is 10.8. The van der Waals surface area contributed by atoms with E-state index >= 15 is 0 Å². The summed E-state index contributed by atoms with van der Waals surface area (Å²) in [6.45, 7) is 1.51. The van der Waals surface area contributed by atoms with Crippen LogP contribution in [-0.4, -0.2) is 30.8 Å². The molecule has 0 aliphatic heterocycles. The number of nitrogens with zero attached hydrogens (tertiary/aromatic N) is 3. The van der Waals surface area contributed by atoms with Crippen LogP contribution in [0, 0.1) is 0 Å². The Labute approximate surface area is 95.1 Å². The Kier molecular flexibility index (Phi) is 2.53. The lowest BCUT2D eigenvalue weighted by atomic mass is 10.3. The fourth-order valence-electron chi connectivity index (χ4n) is 1.37. The van der Waals surface area contributed by atoms with E-state index < -0.39 is 12.1 Å². The van der Waals surface area contributed by atoms with E-state index in [1.807, 2.05) is 0 Å². The average molecular weight is 242 g/mol. The van der Waals surface area contributed by atoms with E-state index in [-0.39, 0.29) is 16.4 Å². The molecule has 0 amide bonds. The highest BCUT2D eigenvalue weighted by molar-refractivity contribution is 6.33. The van der Waals surface area contributed by atoms with E-state index in [4.69, 9.17) is 16.7 Å². The van der Waals surface area contributed by atoms with Gasteiger partial charge in [-0.05, 0) is 13.0 Å². The van der Waals surface area contributed by atoms with Crippen molar-refractivity contribution in [3.8, 4) is 0 Å². The van der Waals surface area contributed by atoms with Crippen molar-refractivity contribution in [1.29, 1.82) is 0 Å². The summed E-state index contributed by atoms with van der Waals surface area (Å²) in [6.07, 6.45) is 0.473. The van der Waals surface area contributed by atoms with E-state index in [1.54, 1.807) is 0 Å². The number of aromatic carboxylic acids is 1. The van der Waals surface area contributed by atoms with Crippen molar-refractivity contribution < 1.29 is 15.0 Å². The zero-order chi connectivity index (χ0) is 11.9. The molecule has 1 unspecified atom stereocenters. The van der Waals surface area contributed by atoms with Gasteiger partial charge in [-0.15, -0.1) is 10.2 Å². The molecule has 0 aliphatic rings. The maximum absolute atomic E-state index is 10.8. The molecule has 6 nitrogen and oxygen atoms in total. The van der Waals surface area contributed by atoms with Gasteiger partial charge in [0, 0.05) is 6.20 Å². The van der Waals surface area contributed by atoms with E-state index in [0.29, 0.717) is 5.65 Å². The van der Waals surface area contributed by atoms with Crippen molar-refractivity contribution in [2.75, 3.05) is 0 Å². The van der Waals surface area contributed by atoms with E-state index in [9.17, 15) is 9.90 Å². The number of hydrogen-bond donors (Lipinski definition) is 2. The van der Waals surface area contributed by atoms with Crippen molar-refractivity contribution in [2.45, 2.75) is 13.0 Å². The molecule has 0 saturated carbocycles. The van der Waals surface area contributed by atoms with E-state index in [1.165, 1.54) is 23.6 Å². The summed E-state index contributed by atoms with van der Waals surface area (Å²) in [5.74, 6) is -0.853. The molecule has 2 rings (SSSR count). The van der Waals surface area contributed by atoms with Gasteiger partial charge in [-0.25, -0.2) is 4.79 Å². The minimum Gasteiger partial charge on any atom is -0.478 e. The average Bonchev–Trinajstić information content (AvgIpc) is 2.61. The van der Waals surface area contributed by atoms with Gasteiger partial charge in [-0.1, -0.05) is 11.6 Å². The standard InChI is InChI=1S/C9H8ClN3O3/c1-4(14)7-11-12-8-6(10)2-5(9(15)16)3-13(7)8/h2-4,14H,1H3,(H,15,16). The SMILES string of the molecule is CC(O)c1nnc2c(Cl)cc(C(=O)O)cn12. The normalized spacial score (nSPS) is 12.9. The number of aliphatic hydroxyl groups is 1. The molecule has 0 bridgehead atoms. The fourth-order valence-corrected chi connectivity index (χ4v) is 1.62. The van der Waals surface area contributed by atoms with Gasteiger partial charge in [-0.2, -0.15) is 0 Å². The molecule has 7 heteroatoms. The van der Waals surface area contributed by atoms with Gasteiger partial charge < -0.3 is 10.2 Å². The number of pyridine rings is 1. The van der Waals surface area contributed by atoms with Crippen molar-refractivity contribution in [3.63, 3.8) is 0 Å². The quantitative estimate of drug-likeness (QED) is 0.823. The molecule has 0 saturated heterocycles. The van der Waals surface area contributed by atoms with Crippen LogP contribution in [0.25, 0.3) is 5.65 Å². The second kappa shape index (κ2) is 3.73. The summed E-state index contributed by atoms with van der Waals surface area (Å²) in [6, 6.07) is 1.29. The monoisotopic (exact) mass is 241 g/mol. The van der Waals surface area contributed by atoms with Crippen LogP contribution in [0.3, 0.4) is 0 Å². The molecule has 1 atom stereocenters. The first-order chi connectivity index (χ1) is 7.50. The van der Waals surface area contributed by atoms with Crippen LogP contribution < -0.4 is 0 Å². The van der Waals surface area contributed by atoms with Gasteiger partial charge in [-0.3, -0.25) is 4.40 Å². The Morgan fingerprint density at radius 3 is 2.81 bits per heavy atom. The largest absolute Gasteiger partial charge is 0.478 e. The van der Waals surface area contributed by atoms with Gasteiger partial charge in [0.15, 0.2) is 11.5 Å². The number of aliphatic hydroxyl groups excluding tert-OH is 1. The first kappa shape index (κ1) is 10.8. The number of rotatable bonds is 2. The summed E-state index contributed by atoms with van der Waals surface area (Å²) in [5.41, 5.74) is 0.335. The molecule has 0 aliphatic carbocycles. The zero-order valence-electron chi connectivity index (χ0n) is 8.25. The number of hydrogen-bond acceptors (Lipinski definition) is 4. The Balaban J connectivity index is 2.76. The number of carboxylic acid groups (broad SMARTS) is 1. The van der Waals surface area contributed by atoms with Gasteiger partial charge in [0.05, 0.1) is 10.6 Å². The van der Waals surface area contributed by atoms with Crippen LogP contribution >= 0.6 is 11.6 Å². The van der Waals surface area contributed by atoms with Crippen LogP contribution in [-0.2, 0) is 0 Å². The number of carboxylic acids is 1. The Hall–Kier alpha value is -1.66. The van der Waals surface area contributed by atoms with Crippen LogP contribution in [0.1, 0.15) is 29.2 Å². The summed E-state index contributed by atoms with van der Waals surface area (Å²) >= 11 is 5.86. The highest BCUT2D eigenvalue weighted by Crippen LogP contribution is 2.20. The summed E-state index contributed by atoms with van der Waals surface area (Å²) in [4.78, 5) is 10.8. The molecule has 0 aromatic carbocycles. The lowest BCUT2D eigenvalue weighted by molar-refractivity contribution is 0.0696. The minimum absolute atomic E-state index is 0.0131. The molecular formula is C9H8ClN3O3. The molecular weight excluding hydrogens is 234 g/mol. The van der Waals surface area contributed by atoms with Crippen LogP contribution in [0.5, 0.6) is 0 Å². The van der Waals surface area contributed by atoms with Crippen LogP contribution in [0.4, 0.5) is 0 Å². The number of aromatic nitrogens is 3. The Morgan fingerprint density at radius 1 is 1.56 bits per heavy atom. The maximum Gasteiger partial charge on any atom is 0.337 e. The molecule has 84 valence electrons. The molecule has 0 spiro atoms. The van der Waals surface area contributed by atoms with Crippen molar-refractivity contribution in [3.05, 3.63) is 28.7 Å². The number of halogens is 1.